The smallest absolute Gasteiger partial charge is 0.283 e. The number of carbonyl (C=O) groups is 1. The molecule has 0 bridgehead atoms. The predicted molar refractivity (Wildman–Crippen MR) is 83.2 cm³/mol. The molecular formula is C15H17N7O. The maximum Gasteiger partial charge on any atom is 0.283 e. The van der Waals surface area contributed by atoms with Crippen LogP contribution in [0.25, 0.3) is 11.0 Å². The molecule has 1 fully saturated rings. The van der Waals surface area contributed by atoms with E-state index in [4.69, 9.17) is 0 Å². The lowest BCUT2D eigenvalue weighted by Crippen LogP contribution is -2.47. The third kappa shape index (κ3) is 2.68. The second-order valence-corrected chi connectivity index (χ2v) is 5.69. The highest BCUT2D eigenvalue weighted by atomic mass is 16.2. The first-order valence-corrected chi connectivity index (χ1v) is 7.69. The van der Waals surface area contributed by atoms with Crippen LogP contribution in [0.5, 0.6) is 0 Å². The lowest BCUT2D eigenvalue weighted by Gasteiger charge is -2.35. The van der Waals surface area contributed by atoms with Crippen molar-refractivity contribution >= 4 is 16.9 Å². The molecule has 4 rings (SSSR count). The molecular weight excluding hydrogens is 294 g/mol. The molecule has 1 aliphatic heterocycles. The highest BCUT2D eigenvalue weighted by Crippen LogP contribution is 2.30. The van der Waals surface area contributed by atoms with Crippen LogP contribution in [0.3, 0.4) is 0 Å². The van der Waals surface area contributed by atoms with Crippen molar-refractivity contribution in [3.8, 4) is 0 Å². The van der Waals surface area contributed by atoms with Crippen molar-refractivity contribution in [3.05, 3.63) is 41.7 Å². The topological polar surface area (TPSA) is 103 Å². The van der Waals surface area contributed by atoms with E-state index >= 15 is 0 Å². The molecule has 0 spiro atoms. The maximum atomic E-state index is 12.3. The van der Waals surface area contributed by atoms with E-state index in [1.807, 2.05) is 17.1 Å². The van der Waals surface area contributed by atoms with Crippen LogP contribution >= 0.6 is 0 Å². The van der Waals surface area contributed by atoms with Gasteiger partial charge in [-0.25, -0.2) is 5.01 Å². The van der Waals surface area contributed by atoms with Crippen molar-refractivity contribution in [2.24, 2.45) is 0 Å². The van der Waals surface area contributed by atoms with Crippen molar-refractivity contribution in [2.75, 3.05) is 6.54 Å². The number of rotatable bonds is 3. The van der Waals surface area contributed by atoms with E-state index in [9.17, 15) is 4.79 Å². The van der Waals surface area contributed by atoms with Crippen molar-refractivity contribution in [3.63, 3.8) is 0 Å². The average molecular weight is 311 g/mol. The molecule has 0 aliphatic carbocycles. The summed E-state index contributed by atoms with van der Waals surface area (Å²) in [6.45, 7) is 0.821. The fourth-order valence-corrected chi connectivity index (χ4v) is 3.05. The Hall–Kier alpha value is -2.74. The molecule has 1 aromatic carbocycles. The molecule has 1 unspecified atom stereocenters. The minimum absolute atomic E-state index is 0.136. The number of nitrogens with one attached hydrogen (secondary N) is 3. The van der Waals surface area contributed by atoms with Gasteiger partial charge in [0.1, 0.15) is 16.7 Å². The molecule has 3 heterocycles. The first kappa shape index (κ1) is 13.9. The minimum Gasteiger partial charge on any atom is -0.283 e. The number of H-pyrrole nitrogens is 2. The SMILES string of the molecule is O=C(NN1CCCCC1c1ccc2n[nH]nc2c1)c1ccn[nH]1. The highest BCUT2D eigenvalue weighted by Gasteiger charge is 2.26. The van der Waals surface area contributed by atoms with Gasteiger partial charge in [0, 0.05) is 12.7 Å². The van der Waals surface area contributed by atoms with Crippen LogP contribution in [0.2, 0.25) is 0 Å². The number of carbonyl (C=O) groups excluding carboxylic acids is 1. The zero-order valence-electron chi connectivity index (χ0n) is 12.5. The number of piperidine rings is 1. The first-order valence-electron chi connectivity index (χ1n) is 7.69. The van der Waals surface area contributed by atoms with Gasteiger partial charge in [0.25, 0.3) is 5.91 Å². The second-order valence-electron chi connectivity index (χ2n) is 5.69. The third-order valence-corrected chi connectivity index (χ3v) is 4.22. The summed E-state index contributed by atoms with van der Waals surface area (Å²) in [5.41, 5.74) is 6.27. The standard InChI is InChI=1S/C15H17N7O/c23-15(12-6-7-16-17-12)20-22-8-2-1-3-14(22)10-4-5-11-13(9-10)19-21-18-11/h4-7,9,14H,1-3,8H2,(H,16,17)(H,20,23)(H,18,19,21). The molecule has 2 aromatic heterocycles. The zero-order valence-corrected chi connectivity index (χ0v) is 12.5. The Kier molecular flexibility index (Phi) is 3.51. The number of nitrogens with zero attached hydrogens (tertiary/aromatic N) is 4. The largest absolute Gasteiger partial charge is 0.283 e. The Morgan fingerprint density at radius 3 is 3.00 bits per heavy atom. The van der Waals surface area contributed by atoms with Crippen LogP contribution < -0.4 is 5.43 Å². The summed E-state index contributed by atoms with van der Waals surface area (Å²) in [7, 11) is 0. The third-order valence-electron chi connectivity index (χ3n) is 4.22. The molecule has 1 aliphatic rings. The van der Waals surface area contributed by atoms with Gasteiger partial charge in [-0.2, -0.15) is 20.5 Å². The Labute approximate surface area is 132 Å². The molecule has 118 valence electrons. The maximum absolute atomic E-state index is 12.3. The number of aromatic amines is 2. The number of amides is 1. The van der Waals surface area contributed by atoms with Crippen molar-refractivity contribution in [1.29, 1.82) is 0 Å². The summed E-state index contributed by atoms with van der Waals surface area (Å²) in [5, 5.41) is 19.4. The Balaban J connectivity index is 1.58. The first-order chi connectivity index (χ1) is 11.3. The number of benzene rings is 1. The van der Waals surface area contributed by atoms with E-state index in [-0.39, 0.29) is 11.9 Å². The van der Waals surface area contributed by atoms with Crippen molar-refractivity contribution < 1.29 is 4.79 Å². The second kappa shape index (κ2) is 5.81. The van der Waals surface area contributed by atoms with Crippen LogP contribution in [-0.2, 0) is 0 Å². The van der Waals surface area contributed by atoms with Crippen LogP contribution in [0.15, 0.2) is 30.5 Å². The highest BCUT2D eigenvalue weighted by molar-refractivity contribution is 5.91. The van der Waals surface area contributed by atoms with E-state index in [1.54, 1.807) is 12.3 Å². The molecule has 0 saturated carbocycles. The normalized spacial score (nSPS) is 19.0. The van der Waals surface area contributed by atoms with E-state index < -0.39 is 0 Å². The Bertz CT molecular complexity index is 810. The summed E-state index contributed by atoms with van der Waals surface area (Å²) in [5.74, 6) is -0.170. The van der Waals surface area contributed by atoms with Gasteiger partial charge in [0.15, 0.2) is 0 Å². The van der Waals surface area contributed by atoms with Crippen LogP contribution in [0.1, 0.15) is 41.4 Å². The molecule has 23 heavy (non-hydrogen) atoms. The van der Waals surface area contributed by atoms with Crippen LogP contribution in [0.4, 0.5) is 0 Å². The fourth-order valence-electron chi connectivity index (χ4n) is 3.05. The summed E-state index contributed by atoms with van der Waals surface area (Å²) < 4.78 is 0. The minimum atomic E-state index is -0.170. The van der Waals surface area contributed by atoms with Gasteiger partial charge in [-0.05, 0) is 36.6 Å². The van der Waals surface area contributed by atoms with Gasteiger partial charge in [-0.3, -0.25) is 15.3 Å². The summed E-state index contributed by atoms with van der Waals surface area (Å²) >= 11 is 0. The van der Waals surface area contributed by atoms with Gasteiger partial charge in [-0.1, -0.05) is 12.5 Å². The quantitative estimate of drug-likeness (QED) is 0.681. The number of hydrogen-bond acceptors (Lipinski definition) is 5. The molecule has 3 N–H and O–H groups in total. The van der Waals surface area contributed by atoms with Crippen LogP contribution in [0, 0.1) is 0 Å². The lowest BCUT2D eigenvalue weighted by molar-refractivity contribution is 0.0567. The summed E-state index contributed by atoms with van der Waals surface area (Å²) in [6.07, 6.45) is 4.76. The number of hydrazine groups is 1. The summed E-state index contributed by atoms with van der Waals surface area (Å²) in [6, 6.07) is 7.84. The Morgan fingerprint density at radius 2 is 2.13 bits per heavy atom. The fraction of sp³-hybridized carbons (Fsp3) is 0.333. The zero-order chi connectivity index (χ0) is 15.6. The van der Waals surface area contributed by atoms with Gasteiger partial charge in [-0.15, -0.1) is 0 Å². The van der Waals surface area contributed by atoms with Gasteiger partial charge in [0.2, 0.25) is 0 Å². The lowest BCUT2D eigenvalue weighted by atomic mass is 9.96. The van der Waals surface area contributed by atoms with Gasteiger partial charge >= 0.3 is 0 Å². The molecule has 0 radical (unpaired) electrons. The molecule has 3 aromatic rings. The average Bonchev–Trinajstić information content (AvgIpc) is 3.26. The van der Waals surface area contributed by atoms with E-state index in [1.165, 1.54) is 0 Å². The monoisotopic (exact) mass is 311 g/mol. The van der Waals surface area contributed by atoms with Crippen LogP contribution in [-0.4, -0.2) is 43.1 Å². The number of aromatic nitrogens is 5. The molecule has 1 saturated heterocycles. The molecule has 1 amide bonds. The number of hydrogen-bond donors (Lipinski definition) is 3. The van der Waals surface area contributed by atoms with Gasteiger partial charge < -0.3 is 0 Å². The van der Waals surface area contributed by atoms with Crippen molar-refractivity contribution in [2.45, 2.75) is 25.3 Å². The molecule has 1 atom stereocenters. The van der Waals surface area contributed by atoms with Gasteiger partial charge in [0.05, 0.1) is 6.04 Å². The Morgan fingerprint density at radius 1 is 1.22 bits per heavy atom. The van der Waals surface area contributed by atoms with E-state index in [2.05, 4.69) is 37.1 Å². The van der Waals surface area contributed by atoms with E-state index in [0.717, 1.165) is 42.4 Å². The predicted octanol–water partition coefficient (Wildman–Crippen LogP) is 1.55. The van der Waals surface area contributed by atoms with E-state index in [0.29, 0.717) is 5.69 Å². The number of fused-ring (bicyclic) bond motifs is 1. The van der Waals surface area contributed by atoms with Crippen molar-refractivity contribution in [1.82, 2.24) is 36.0 Å². The summed E-state index contributed by atoms with van der Waals surface area (Å²) in [4.78, 5) is 12.3. The molecule has 8 heteroatoms. The molecule has 8 nitrogen and oxygen atoms in total.